The van der Waals surface area contributed by atoms with Gasteiger partial charge in [-0.25, -0.2) is 0 Å². The van der Waals surface area contributed by atoms with Crippen molar-refractivity contribution < 1.29 is 9.90 Å². The summed E-state index contributed by atoms with van der Waals surface area (Å²) in [6, 6.07) is 16.0. The van der Waals surface area contributed by atoms with Crippen LogP contribution < -0.4 is 0 Å². The maximum atomic E-state index is 12.7. The summed E-state index contributed by atoms with van der Waals surface area (Å²) in [4.78, 5) is 15.9. The molecule has 2 aromatic carbocycles. The van der Waals surface area contributed by atoms with Gasteiger partial charge in [-0.1, -0.05) is 36.7 Å². The van der Waals surface area contributed by atoms with Crippen LogP contribution in [0.5, 0.6) is 5.75 Å². The van der Waals surface area contributed by atoms with Gasteiger partial charge in [0.15, 0.2) is 0 Å². The monoisotopic (exact) mass is 339 g/mol. The molecule has 0 bridgehead atoms. The van der Waals surface area contributed by atoms with Crippen molar-refractivity contribution in [2.75, 3.05) is 0 Å². The van der Waals surface area contributed by atoms with Gasteiger partial charge >= 0.3 is 0 Å². The first-order valence-corrected chi connectivity index (χ1v) is 8.13. The molecule has 0 aliphatic carbocycles. The van der Waals surface area contributed by atoms with Gasteiger partial charge in [0, 0.05) is 27.8 Å². The van der Waals surface area contributed by atoms with E-state index in [1.807, 2.05) is 32.0 Å². The molecule has 0 amide bonds. The third-order valence-electron chi connectivity index (χ3n) is 4.24. The second-order valence-corrected chi connectivity index (χ2v) is 6.34. The Kier molecular flexibility index (Phi) is 4.45. The fraction of sp³-hybridized carbons (Fsp3) is 0.150. The van der Waals surface area contributed by atoms with Crippen LogP contribution in [0.25, 0.3) is 0 Å². The number of benzene rings is 2. The van der Waals surface area contributed by atoms with Crippen LogP contribution in [0.1, 0.15) is 45.7 Å². The molecule has 0 saturated heterocycles. The van der Waals surface area contributed by atoms with Gasteiger partial charge in [-0.3, -0.25) is 4.79 Å². The van der Waals surface area contributed by atoms with Crippen LogP contribution in [0.15, 0.2) is 54.6 Å². The standard InChI is InChI=1S/C20H18ClNO2/c1-12-11-17(13(2)16-5-3-4-6-18(16)23)22-19(12)20(24)14-7-9-15(21)10-8-14/h3-11,13,22-23H,1-2H3. The predicted octanol–water partition coefficient (Wildman–Crippen LogP) is 5.06. The highest BCUT2D eigenvalue weighted by atomic mass is 35.5. The van der Waals surface area contributed by atoms with Gasteiger partial charge in [0.1, 0.15) is 5.75 Å². The normalized spacial score (nSPS) is 12.1. The zero-order chi connectivity index (χ0) is 17.3. The number of carbonyl (C=O) groups is 1. The summed E-state index contributed by atoms with van der Waals surface area (Å²) in [7, 11) is 0. The van der Waals surface area contributed by atoms with E-state index in [0.29, 0.717) is 16.3 Å². The van der Waals surface area contributed by atoms with E-state index in [1.165, 1.54) is 0 Å². The molecule has 24 heavy (non-hydrogen) atoms. The van der Waals surface area contributed by atoms with Crippen LogP contribution in [0.3, 0.4) is 0 Å². The number of aromatic hydroxyl groups is 1. The molecule has 2 N–H and O–H groups in total. The molecule has 3 aromatic rings. The van der Waals surface area contributed by atoms with Crippen LogP contribution in [0, 0.1) is 6.92 Å². The van der Waals surface area contributed by atoms with Crippen molar-refractivity contribution in [1.29, 1.82) is 0 Å². The highest BCUT2D eigenvalue weighted by Crippen LogP contribution is 2.31. The Bertz CT molecular complexity index is 881. The Morgan fingerprint density at radius 2 is 1.79 bits per heavy atom. The van der Waals surface area contributed by atoms with Gasteiger partial charge in [0.2, 0.25) is 5.78 Å². The average Bonchev–Trinajstić information content (AvgIpc) is 2.96. The Labute approximate surface area is 145 Å². The SMILES string of the molecule is Cc1cc(C(C)c2ccccc2O)[nH]c1C(=O)c1ccc(Cl)cc1. The molecule has 0 radical (unpaired) electrons. The second kappa shape index (κ2) is 6.54. The Balaban J connectivity index is 1.94. The van der Waals surface area contributed by atoms with Crippen LogP contribution in [0.2, 0.25) is 5.02 Å². The van der Waals surface area contributed by atoms with E-state index in [9.17, 15) is 9.90 Å². The number of nitrogens with one attached hydrogen (secondary N) is 1. The summed E-state index contributed by atoms with van der Waals surface area (Å²) in [5, 5.41) is 10.6. The quantitative estimate of drug-likeness (QED) is 0.652. The summed E-state index contributed by atoms with van der Waals surface area (Å²) in [6.07, 6.45) is 0. The number of hydrogen-bond donors (Lipinski definition) is 2. The van der Waals surface area contributed by atoms with Crippen molar-refractivity contribution in [3.63, 3.8) is 0 Å². The molecule has 1 heterocycles. The minimum atomic E-state index is -0.0695. The van der Waals surface area contributed by atoms with Gasteiger partial charge in [-0.15, -0.1) is 0 Å². The van der Waals surface area contributed by atoms with E-state index < -0.39 is 0 Å². The van der Waals surface area contributed by atoms with Crippen LogP contribution >= 0.6 is 11.6 Å². The van der Waals surface area contributed by atoms with E-state index in [4.69, 9.17) is 11.6 Å². The van der Waals surface area contributed by atoms with Gasteiger partial charge in [-0.05, 0) is 48.9 Å². The van der Waals surface area contributed by atoms with Gasteiger partial charge in [-0.2, -0.15) is 0 Å². The van der Waals surface area contributed by atoms with E-state index in [1.54, 1.807) is 36.4 Å². The van der Waals surface area contributed by atoms with E-state index in [0.717, 1.165) is 16.8 Å². The van der Waals surface area contributed by atoms with Gasteiger partial charge in [0.05, 0.1) is 5.69 Å². The van der Waals surface area contributed by atoms with Crippen LogP contribution in [-0.4, -0.2) is 15.9 Å². The number of phenols is 1. The lowest BCUT2D eigenvalue weighted by molar-refractivity contribution is 0.103. The number of aromatic amines is 1. The molecule has 122 valence electrons. The number of carbonyl (C=O) groups excluding carboxylic acids is 1. The lowest BCUT2D eigenvalue weighted by Gasteiger charge is -2.12. The highest BCUT2D eigenvalue weighted by molar-refractivity contribution is 6.30. The summed E-state index contributed by atoms with van der Waals surface area (Å²) in [5.41, 5.74) is 3.75. The Hall–Kier alpha value is -2.52. The second-order valence-electron chi connectivity index (χ2n) is 5.90. The fourth-order valence-electron chi connectivity index (χ4n) is 2.82. The molecule has 1 atom stereocenters. The number of aromatic nitrogens is 1. The molecule has 0 saturated carbocycles. The minimum Gasteiger partial charge on any atom is -0.508 e. The van der Waals surface area contributed by atoms with Crippen molar-refractivity contribution in [3.8, 4) is 5.75 Å². The zero-order valence-corrected chi connectivity index (χ0v) is 14.3. The molecule has 1 aromatic heterocycles. The molecular weight excluding hydrogens is 322 g/mol. The lowest BCUT2D eigenvalue weighted by atomic mass is 9.97. The van der Waals surface area contributed by atoms with Gasteiger partial charge < -0.3 is 10.1 Å². The number of phenolic OH excluding ortho intramolecular Hbond substituents is 1. The number of hydrogen-bond acceptors (Lipinski definition) is 2. The Morgan fingerprint density at radius 1 is 1.12 bits per heavy atom. The maximum absolute atomic E-state index is 12.7. The van der Waals surface area contributed by atoms with Crippen molar-refractivity contribution >= 4 is 17.4 Å². The molecule has 1 unspecified atom stereocenters. The molecule has 0 fully saturated rings. The van der Waals surface area contributed by atoms with E-state index >= 15 is 0 Å². The number of halogens is 1. The molecule has 0 aliphatic heterocycles. The molecule has 3 rings (SSSR count). The first kappa shape index (κ1) is 16.3. The summed E-state index contributed by atoms with van der Waals surface area (Å²) < 4.78 is 0. The first-order chi connectivity index (χ1) is 11.5. The zero-order valence-electron chi connectivity index (χ0n) is 13.5. The number of rotatable bonds is 4. The highest BCUT2D eigenvalue weighted by Gasteiger charge is 2.19. The molecule has 3 nitrogen and oxygen atoms in total. The van der Waals surface area contributed by atoms with Crippen molar-refractivity contribution in [2.24, 2.45) is 0 Å². The minimum absolute atomic E-state index is 0.0448. The van der Waals surface area contributed by atoms with Crippen molar-refractivity contribution in [2.45, 2.75) is 19.8 Å². The van der Waals surface area contributed by atoms with Crippen molar-refractivity contribution in [3.05, 3.63) is 87.7 Å². The van der Waals surface area contributed by atoms with Crippen LogP contribution in [-0.2, 0) is 0 Å². The number of H-pyrrole nitrogens is 1. The third kappa shape index (κ3) is 3.08. The summed E-state index contributed by atoms with van der Waals surface area (Å²) in [6.45, 7) is 3.90. The number of ketones is 1. The molecule has 0 spiro atoms. The Morgan fingerprint density at radius 3 is 2.46 bits per heavy atom. The first-order valence-electron chi connectivity index (χ1n) is 7.75. The van der Waals surface area contributed by atoms with Gasteiger partial charge in [0.25, 0.3) is 0 Å². The summed E-state index contributed by atoms with van der Waals surface area (Å²) in [5.74, 6) is 0.138. The topological polar surface area (TPSA) is 53.1 Å². The smallest absolute Gasteiger partial charge is 0.209 e. The van der Waals surface area contributed by atoms with Crippen molar-refractivity contribution in [1.82, 2.24) is 4.98 Å². The number of aryl methyl sites for hydroxylation is 1. The summed E-state index contributed by atoms with van der Waals surface area (Å²) >= 11 is 5.88. The van der Waals surface area contributed by atoms with E-state index in [-0.39, 0.29) is 17.5 Å². The largest absolute Gasteiger partial charge is 0.508 e. The van der Waals surface area contributed by atoms with E-state index in [2.05, 4.69) is 4.98 Å². The average molecular weight is 340 g/mol. The molecular formula is C20H18ClNO2. The molecule has 0 aliphatic rings. The number of para-hydroxylation sites is 1. The fourth-order valence-corrected chi connectivity index (χ4v) is 2.95. The van der Waals surface area contributed by atoms with Crippen LogP contribution in [0.4, 0.5) is 0 Å². The predicted molar refractivity (Wildman–Crippen MR) is 96.0 cm³/mol. The third-order valence-corrected chi connectivity index (χ3v) is 4.49. The maximum Gasteiger partial charge on any atom is 0.209 e. The molecule has 4 heteroatoms. The lowest BCUT2D eigenvalue weighted by Crippen LogP contribution is -2.04.